The van der Waals surface area contributed by atoms with Gasteiger partial charge in [0.05, 0.1) is 5.92 Å². The van der Waals surface area contributed by atoms with Gasteiger partial charge in [0.1, 0.15) is 0 Å². The van der Waals surface area contributed by atoms with Crippen molar-refractivity contribution < 1.29 is 9.90 Å². The molecule has 0 bridgehead atoms. The predicted octanol–water partition coefficient (Wildman–Crippen LogP) is 1.27. The average Bonchev–Trinajstić information content (AvgIpc) is 1.84. The van der Waals surface area contributed by atoms with E-state index in [9.17, 15) is 4.79 Å². The fourth-order valence-corrected chi connectivity index (χ4v) is 0.718. The van der Waals surface area contributed by atoms with Gasteiger partial charge in [-0.1, -0.05) is 13.8 Å². The summed E-state index contributed by atoms with van der Waals surface area (Å²) in [6, 6.07) is 0. The Hall–Kier alpha value is -0.180. The van der Waals surface area contributed by atoms with Gasteiger partial charge >= 0.3 is 5.97 Å². The molecule has 0 spiro atoms. The van der Waals surface area contributed by atoms with E-state index in [4.69, 9.17) is 5.11 Å². The van der Waals surface area contributed by atoms with Gasteiger partial charge < -0.3 is 5.11 Å². The number of thiol groups is 1. The second-order valence-electron chi connectivity index (χ2n) is 2.29. The first-order valence-electron chi connectivity index (χ1n) is 2.93. The summed E-state index contributed by atoms with van der Waals surface area (Å²) in [5.74, 6) is -0.224. The standard InChI is InChI=1S/C6H12O2S/c1-4(3-9)5(2)6(7)8/h4-5,9H,3H2,1-2H3,(H,7,8). The summed E-state index contributed by atoms with van der Waals surface area (Å²) in [5, 5.41) is 8.45. The van der Waals surface area contributed by atoms with Crippen LogP contribution in [-0.4, -0.2) is 16.8 Å². The monoisotopic (exact) mass is 148 g/mol. The lowest BCUT2D eigenvalue weighted by Gasteiger charge is -2.11. The Morgan fingerprint density at radius 1 is 1.67 bits per heavy atom. The van der Waals surface area contributed by atoms with Crippen LogP contribution in [0.1, 0.15) is 13.8 Å². The summed E-state index contributed by atoms with van der Waals surface area (Å²) < 4.78 is 0. The van der Waals surface area contributed by atoms with Crippen molar-refractivity contribution >= 4 is 18.6 Å². The molecular weight excluding hydrogens is 136 g/mol. The Morgan fingerprint density at radius 2 is 2.11 bits per heavy atom. The van der Waals surface area contributed by atoms with E-state index in [2.05, 4.69) is 12.6 Å². The molecular formula is C6H12O2S. The highest BCUT2D eigenvalue weighted by molar-refractivity contribution is 7.80. The van der Waals surface area contributed by atoms with Crippen LogP contribution in [0.5, 0.6) is 0 Å². The minimum Gasteiger partial charge on any atom is -0.481 e. The fraction of sp³-hybridized carbons (Fsp3) is 0.833. The van der Waals surface area contributed by atoms with E-state index in [0.717, 1.165) is 0 Å². The van der Waals surface area contributed by atoms with Crippen LogP contribution in [0.2, 0.25) is 0 Å². The first-order chi connectivity index (χ1) is 4.09. The molecule has 0 aliphatic heterocycles. The Bertz CT molecular complexity index is 103. The SMILES string of the molecule is CC(CS)C(C)C(=O)O. The van der Waals surface area contributed by atoms with Crippen LogP contribution < -0.4 is 0 Å². The zero-order valence-corrected chi connectivity index (χ0v) is 6.56. The molecule has 0 aliphatic rings. The minimum atomic E-state index is -0.739. The molecule has 3 heteroatoms. The third kappa shape index (κ3) is 2.75. The molecule has 0 aromatic rings. The predicted molar refractivity (Wildman–Crippen MR) is 39.8 cm³/mol. The summed E-state index contributed by atoms with van der Waals surface area (Å²) in [4.78, 5) is 10.3. The Kier molecular flexibility index (Phi) is 3.70. The first kappa shape index (κ1) is 8.82. The second-order valence-corrected chi connectivity index (χ2v) is 2.65. The number of aliphatic carboxylic acids is 1. The van der Waals surface area contributed by atoms with Crippen LogP contribution in [-0.2, 0) is 4.79 Å². The topological polar surface area (TPSA) is 37.3 Å². The van der Waals surface area contributed by atoms with Crippen LogP contribution in [0.3, 0.4) is 0 Å². The van der Waals surface area contributed by atoms with Crippen LogP contribution in [0, 0.1) is 11.8 Å². The number of carboxylic acids is 1. The van der Waals surface area contributed by atoms with E-state index >= 15 is 0 Å². The minimum absolute atomic E-state index is 0.158. The zero-order chi connectivity index (χ0) is 7.44. The third-order valence-electron chi connectivity index (χ3n) is 1.53. The van der Waals surface area contributed by atoms with Crippen molar-refractivity contribution in [2.45, 2.75) is 13.8 Å². The number of hydrogen-bond donors (Lipinski definition) is 2. The van der Waals surface area contributed by atoms with Crippen LogP contribution in [0.25, 0.3) is 0 Å². The van der Waals surface area contributed by atoms with Crippen molar-refractivity contribution in [2.24, 2.45) is 11.8 Å². The van der Waals surface area contributed by atoms with Gasteiger partial charge in [-0.25, -0.2) is 0 Å². The molecule has 2 atom stereocenters. The van der Waals surface area contributed by atoms with Crippen LogP contribution in [0.15, 0.2) is 0 Å². The van der Waals surface area contributed by atoms with Gasteiger partial charge in [-0.3, -0.25) is 4.79 Å². The lowest BCUT2D eigenvalue weighted by Crippen LogP contribution is -2.18. The van der Waals surface area contributed by atoms with E-state index in [1.807, 2.05) is 6.92 Å². The summed E-state index contributed by atoms with van der Waals surface area (Å²) in [5.41, 5.74) is 0. The Balaban J connectivity index is 3.72. The van der Waals surface area contributed by atoms with Gasteiger partial charge in [0.2, 0.25) is 0 Å². The van der Waals surface area contributed by atoms with E-state index < -0.39 is 5.97 Å². The molecule has 0 saturated carbocycles. The van der Waals surface area contributed by atoms with Crippen molar-refractivity contribution in [1.29, 1.82) is 0 Å². The fourth-order valence-electron chi connectivity index (χ4n) is 0.402. The maximum atomic E-state index is 10.3. The smallest absolute Gasteiger partial charge is 0.306 e. The molecule has 1 N–H and O–H groups in total. The lowest BCUT2D eigenvalue weighted by atomic mass is 9.98. The summed E-state index contributed by atoms with van der Waals surface area (Å²) in [6.45, 7) is 3.58. The van der Waals surface area contributed by atoms with Crippen molar-refractivity contribution in [2.75, 3.05) is 5.75 Å². The number of carbonyl (C=O) groups is 1. The van der Waals surface area contributed by atoms with Gasteiger partial charge in [-0.15, -0.1) is 0 Å². The summed E-state index contributed by atoms with van der Waals surface area (Å²) in [6.07, 6.45) is 0. The molecule has 0 amide bonds. The van der Waals surface area contributed by atoms with E-state index in [1.165, 1.54) is 0 Å². The molecule has 9 heavy (non-hydrogen) atoms. The zero-order valence-electron chi connectivity index (χ0n) is 5.66. The molecule has 0 aromatic heterocycles. The molecule has 0 radical (unpaired) electrons. The van der Waals surface area contributed by atoms with E-state index in [0.29, 0.717) is 5.75 Å². The molecule has 54 valence electrons. The molecule has 2 nitrogen and oxygen atoms in total. The van der Waals surface area contributed by atoms with Crippen LogP contribution in [0.4, 0.5) is 0 Å². The Morgan fingerprint density at radius 3 is 2.22 bits per heavy atom. The molecule has 2 unspecified atom stereocenters. The maximum Gasteiger partial charge on any atom is 0.306 e. The molecule has 0 rings (SSSR count). The molecule has 0 saturated heterocycles. The van der Waals surface area contributed by atoms with Gasteiger partial charge in [0, 0.05) is 0 Å². The van der Waals surface area contributed by atoms with Gasteiger partial charge in [0.25, 0.3) is 0 Å². The van der Waals surface area contributed by atoms with Crippen LogP contribution >= 0.6 is 12.6 Å². The molecule has 0 aromatic carbocycles. The van der Waals surface area contributed by atoms with Gasteiger partial charge in [-0.2, -0.15) is 12.6 Å². The average molecular weight is 148 g/mol. The first-order valence-corrected chi connectivity index (χ1v) is 3.56. The lowest BCUT2D eigenvalue weighted by molar-refractivity contribution is -0.142. The van der Waals surface area contributed by atoms with Crippen molar-refractivity contribution in [3.8, 4) is 0 Å². The number of carboxylic acid groups (broad SMARTS) is 1. The molecule has 0 aliphatic carbocycles. The van der Waals surface area contributed by atoms with E-state index in [1.54, 1.807) is 6.92 Å². The number of hydrogen-bond acceptors (Lipinski definition) is 2. The van der Waals surface area contributed by atoms with Gasteiger partial charge in [-0.05, 0) is 11.7 Å². The Labute approximate surface area is 60.7 Å². The van der Waals surface area contributed by atoms with Crippen molar-refractivity contribution in [3.05, 3.63) is 0 Å². The van der Waals surface area contributed by atoms with Crippen molar-refractivity contribution in [3.63, 3.8) is 0 Å². The second kappa shape index (κ2) is 3.77. The van der Waals surface area contributed by atoms with Gasteiger partial charge in [0.15, 0.2) is 0 Å². The van der Waals surface area contributed by atoms with Crippen molar-refractivity contribution in [1.82, 2.24) is 0 Å². The highest BCUT2D eigenvalue weighted by Gasteiger charge is 2.16. The highest BCUT2D eigenvalue weighted by Crippen LogP contribution is 2.11. The third-order valence-corrected chi connectivity index (χ3v) is 2.11. The highest BCUT2D eigenvalue weighted by atomic mass is 32.1. The quantitative estimate of drug-likeness (QED) is 0.591. The summed E-state index contributed by atoms with van der Waals surface area (Å²) >= 11 is 3.99. The summed E-state index contributed by atoms with van der Waals surface area (Å²) in [7, 11) is 0. The maximum absolute atomic E-state index is 10.3. The number of rotatable bonds is 3. The largest absolute Gasteiger partial charge is 0.481 e. The molecule has 0 fully saturated rings. The normalized spacial score (nSPS) is 16.8. The molecule has 0 heterocycles. The van der Waals surface area contributed by atoms with E-state index in [-0.39, 0.29) is 11.8 Å².